The first kappa shape index (κ1) is 13.0. The molecule has 17 heavy (non-hydrogen) atoms. The van der Waals surface area contributed by atoms with Crippen LogP contribution in [0.4, 0.5) is 11.4 Å². The summed E-state index contributed by atoms with van der Waals surface area (Å²) in [7, 11) is 0. The molecule has 0 fully saturated rings. The summed E-state index contributed by atoms with van der Waals surface area (Å²) in [6.07, 6.45) is 0. The van der Waals surface area contributed by atoms with Crippen LogP contribution < -0.4 is 5.32 Å². The minimum absolute atomic E-state index is 0.0499. The lowest BCUT2D eigenvalue weighted by molar-refractivity contribution is -0.384. The molecule has 0 amide bonds. The van der Waals surface area contributed by atoms with Gasteiger partial charge in [0.15, 0.2) is 0 Å². The Morgan fingerprint density at radius 2 is 2.24 bits per heavy atom. The first-order valence-electron chi connectivity index (χ1n) is 5.34. The molecule has 0 aliphatic heterocycles. The SMILES string of the molecule is CCNc1ccc([N+](=O)[O-])cc1C(=N)OCC. The van der Waals surface area contributed by atoms with Gasteiger partial charge in [0.1, 0.15) is 0 Å². The standard InChI is InChI=1S/C11H15N3O3/c1-3-13-10-6-5-8(14(15)16)7-9(10)11(12)17-4-2/h5-7,12-13H,3-4H2,1-2H3. The number of ether oxygens (including phenoxy) is 1. The Morgan fingerprint density at radius 3 is 2.76 bits per heavy atom. The second-order valence-corrected chi connectivity index (χ2v) is 3.28. The number of nitro benzene ring substituents is 1. The van der Waals surface area contributed by atoms with Crippen LogP contribution in [0.25, 0.3) is 0 Å². The molecule has 0 saturated carbocycles. The minimum Gasteiger partial charge on any atom is -0.478 e. The second-order valence-electron chi connectivity index (χ2n) is 3.28. The van der Waals surface area contributed by atoms with E-state index in [1.807, 2.05) is 6.92 Å². The monoisotopic (exact) mass is 237 g/mol. The predicted molar refractivity (Wildman–Crippen MR) is 65.7 cm³/mol. The molecule has 0 aliphatic carbocycles. The van der Waals surface area contributed by atoms with E-state index in [4.69, 9.17) is 10.1 Å². The quantitative estimate of drug-likeness (QED) is 0.356. The van der Waals surface area contributed by atoms with Crippen molar-refractivity contribution in [3.8, 4) is 0 Å². The van der Waals surface area contributed by atoms with Crippen LogP contribution in [0, 0.1) is 15.5 Å². The highest BCUT2D eigenvalue weighted by Crippen LogP contribution is 2.22. The molecule has 0 spiro atoms. The first-order chi connectivity index (χ1) is 8.10. The van der Waals surface area contributed by atoms with Gasteiger partial charge in [-0.05, 0) is 19.9 Å². The molecule has 92 valence electrons. The molecule has 2 N–H and O–H groups in total. The summed E-state index contributed by atoms with van der Waals surface area (Å²) in [5.41, 5.74) is 1.02. The molecule has 1 aromatic rings. The molecule has 0 aliphatic rings. The van der Waals surface area contributed by atoms with Crippen molar-refractivity contribution in [3.63, 3.8) is 0 Å². The summed E-state index contributed by atoms with van der Waals surface area (Å²) in [6, 6.07) is 4.33. The van der Waals surface area contributed by atoms with Gasteiger partial charge in [0.25, 0.3) is 5.69 Å². The molecular formula is C11H15N3O3. The summed E-state index contributed by atoms with van der Waals surface area (Å²) in [5, 5.41) is 21.4. The summed E-state index contributed by atoms with van der Waals surface area (Å²) >= 11 is 0. The largest absolute Gasteiger partial charge is 0.478 e. The summed E-state index contributed by atoms with van der Waals surface area (Å²) < 4.78 is 5.07. The van der Waals surface area contributed by atoms with Gasteiger partial charge >= 0.3 is 0 Å². The zero-order valence-electron chi connectivity index (χ0n) is 9.82. The van der Waals surface area contributed by atoms with Crippen molar-refractivity contribution in [1.29, 1.82) is 5.41 Å². The number of nitrogens with one attached hydrogen (secondary N) is 2. The zero-order chi connectivity index (χ0) is 12.8. The van der Waals surface area contributed by atoms with Gasteiger partial charge in [-0.25, -0.2) is 0 Å². The molecule has 0 atom stereocenters. The Morgan fingerprint density at radius 1 is 1.53 bits per heavy atom. The van der Waals surface area contributed by atoms with E-state index >= 15 is 0 Å². The Balaban J connectivity index is 3.15. The highest BCUT2D eigenvalue weighted by Gasteiger charge is 2.14. The first-order valence-corrected chi connectivity index (χ1v) is 5.34. The highest BCUT2D eigenvalue weighted by atomic mass is 16.6. The number of nitro groups is 1. The molecule has 0 saturated heterocycles. The average molecular weight is 237 g/mol. The Labute approximate surface area is 99.3 Å². The third-order valence-corrected chi connectivity index (χ3v) is 2.11. The molecular weight excluding hydrogens is 222 g/mol. The number of hydrogen-bond donors (Lipinski definition) is 2. The van der Waals surface area contributed by atoms with E-state index in [2.05, 4.69) is 5.32 Å². The van der Waals surface area contributed by atoms with Crippen LogP contribution in [-0.4, -0.2) is 24.0 Å². The fourth-order valence-electron chi connectivity index (χ4n) is 1.40. The van der Waals surface area contributed by atoms with E-state index in [1.165, 1.54) is 12.1 Å². The van der Waals surface area contributed by atoms with Crippen LogP contribution in [0.1, 0.15) is 19.4 Å². The van der Waals surface area contributed by atoms with E-state index in [-0.39, 0.29) is 11.6 Å². The van der Waals surface area contributed by atoms with E-state index < -0.39 is 4.92 Å². The topological polar surface area (TPSA) is 88.3 Å². The van der Waals surface area contributed by atoms with Crippen LogP contribution in [0.15, 0.2) is 18.2 Å². The van der Waals surface area contributed by atoms with Gasteiger partial charge in [-0.15, -0.1) is 0 Å². The van der Waals surface area contributed by atoms with Crippen LogP contribution in [0.2, 0.25) is 0 Å². The highest BCUT2D eigenvalue weighted by molar-refractivity contribution is 5.98. The van der Waals surface area contributed by atoms with Crippen LogP contribution >= 0.6 is 0 Å². The number of anilines is 1. The Bertz CT molecular complexity index is 432. The molecule has 0 bridgehead atoms. The van der Waals surface area contributed by atoms with E-state index in [0.29, 0.717) is 24.4 Å². The normalized spacial score (nSPS) is 9.76. The van der Waals surface area contributed by atoms with Crippen molar-refractivity contribution in [2.75, 3.05) is 18.5 Å². The third kappa shape index (κ3) is 3.17. The van der Waals surface area contributed by atoms with Crippen molar-refractivity contribution in [3.05, 3.63) is 33.9 Å². The third-order valence-electron chi connectivity index (χ3n) is 2.11. The molecule has 6 heteroatoms. The molecule has 0 heterocycles. The van der Waals surface area contributed by atoms with Gasteiger partial charge in [0.2, 0.25) is 5.90 Å². The smallest absolute Gasteiger partial charge is 0.270 e. The maximum Gasteiger partial charge on any atom is 0.270 e. The van der Waals surface area contributed by atoms with Crippen molar-refractivity contribution >= 4 is 17.3 Å². The predicted octanol–water partition coefficient (Wildman–Crippen LogP) is 2.39. The number of hydrogen-bond acceptors (Lipinski definition) is 5. The summed E-state index contributed by atoms with van der Waals surface area (Å²) in [6.45, 7) is 4.70. The number of nitrogens with zero attached hydrogens (tertiary/aromatic N) is 1. The fraction of sp³-hybridized carbons (Fsp3) is 0.364. The van der Waals surface area contributed by atoms with Crippen molar-refractivity contribution < 1.29 is 9.66 Å². The minimum atomic E-state index is -0.488. The van der Waals surface area contributed by atoms with E-state index in [9.17, 15) is 10.1 Å². The van der Waals surface area contributed by atoms with Crippen molar-refractivity contribution in [2.45, 2.75) is 13.8 Å². The maximum absolute atomic E-state index is 10.7. The molecule has 6 nitrogen and oxygen atoms in total. The lowest BCUT2D eigenvalue weighted by Gasteiger charge is -2.11. The zero-order valence-corrected chi connectivity index (χ0v) is 9.82. The summed E-state index contributed by atoms with van der Waals surface area (Å²) in [4.78, 5) is 10.2. The number of rotatable bonds is 5. The van der Waals surface area contributed by atoms with Gasteiger partial charge in [0, 0.05) is 24.4 Å². The van der Waals surface area contributed by atoms with Crippen LogP contribution in [0.5, 0.6) is 0 Å². The lowest BCUT2D eigenvalue weighted by Crippen LogP contribution is -2.10. The fourth-order valence-corrected chi connectivity index (χ4v) is 1.40. The van der Waals surface area contributed by atoms with E-state index in [1.54, 1.807) is 13.0 Å². The summed E-state index contributed by atoms with van der Waals surface area (Å²) in [5.74, 6) is -0.0628. The van der Waals surface area contributed by atoms with Gasteiger partial charge in [-0.2, -0.15) is 0 Å². The van der Waals surface area contributed by atoms with Gasteiger partial charge in [-0.3, -0.25) is 15.5 Å². The Hall–Kier alpha value is -2.11. The van der Waals surface area contributed by atoms with Gasteiger partial charge in [0.05, 0.1) is 17.1 Å². The number of benzene rings is 1. The van der Waals surface area contributed by atoms with Gasteiger partial charge < -0.3 is 10.1 Å². The second kappa shape index (κ2) is 5.83. The van der Waals surface area contributed by atoms with Crippen molar-refractivity contribution in [2.24, 2.45) is 0 Å². The van der Waals surface area contributed by atoms with Crippen LogP contribution in [0.3, 0.4) is 0 Å². The van der Waals surface area contributed by atoms with Gasteiger partial charge in [-0.1, -0.05) is 0 Å². The van der Waals surface area contributed by atoms with Crippen LogP contribution in [-0.2, 0) is 4.74 Å². The van der Waals surface area contributed by atoms with E-state index in [0.717, 1.165) is 0 Å². The molecule has 1 aromatic carbocycles. The molecule has 1 rings (SSSR count). The molecule has 0 unspecified atom stereocenters. The maximum atomic E-state index is 10.7. The van der Waals surface area contributed by atoms with Crippen molar-refractivity contribution in [1.82, 2.24) is 0 Å². The Kier molecular flexibility index (Phi) is 4.45. The lowest BCUT2D eigenvalue weighted by atomic mass is 10.1. The average Bonchev–Trinajstić information content (AvgIpc) is 2.30. The number of non-ortho nitro benzene ring substituents is 1. The molecule has 0 aromatic heterocycles. The molecule has 0 radical (unpaired) electrons.